The van der Waals surface area contributed by atoms with Gasteiger partial charge in [0.25, 0.3) is 0 Å². The van der Waals surface area contributed by atoms with Crippen LogP contribution in [-0.2, 0) is 4.79 Å². The maximum Gasteiger partial charge on any atom is 0.147 e. The number of imidazole rings is 1. The molecule has 0 saturated heterocycles. The summed E-state index contributed by atoms with van der Waals surface area (Å²) in [6.07, 6.45) is 4.48. The van der Waals surface area contributed by atoms with E-state index in [0.29, 0.717) is 0 Å². The van der Waals surface area contributed by atoms with Gasteiger partial charge in [-0.3, -0.25) is 0 Å². The topological polar surface area (TPSA) is 34.9 Å². The third-order valence-corrected chi connectivity index (χ3v) is 2.32. The van der Waals surface area contributed by atoms with Crippen LogP contribution >= 0.6 is 0 Å². The third-order valence-electron chi connectivity index (χ3n) is 2.32. The number of aromatic nitrogens is 2. The van der Waals surface area contributed by atoms with Crippen LogP contribution in [0.25, 0.3) is 0 Å². The summed E-state index contributed by atoms with van der Waals surface area (Å²) in [4.78, 5) is 15.2. The minimum Gasteiger partial charge on any atom is -0.323 e. The van der Waals surface area contributed by atoms with E-state index in [2.05, 4.69) is 4.98 Å². The minimum atomic E-state index is -0.271. The molecule has 15 heavy (non-hydrogen) atoms. The van der Waals surface area contributed by atoms with Gasteiger partial charge in [-0.05, 0) is 12.5 Å². The molecule has 2 aromatic rings. The molecule has 76 valence electrons. The normalized spacial score (nSPS) is 12.3. The summed E-state index contributed by atoms with van der Waals surface area (Å²) in [5.41, 5.74) is 1.89. The molecule has 0 aliphatic rings. The van der Waals surface area contributed by atoms with Crippen LogP contribution in [0.4, 0.5) is 0 Å². The molecular formula is C12H12N2O. The van der Waals surface area contributed by atoms with Gasteiger partial charge in [0, 0.05) is 6.20 Å². The average molecular weight is 200 g/mol. The molecule has 0 aliphatic carbocycles. The Hall–Kier alpha value is -1.90. The molecule has 0 aliphatic heterocycles. The van der Waals surface area contributed by atoms with E-state index in [9.17, 15) is 4.79 Å². The smallest absolute Gasteiger partial charge is 0.147 e. The van der Waals surface area contributed by atoms with E-state index >= 15 is 0 Å². The van der Waals surface area contributed by atoms with E-state index in [0.717, 1.165) is 17.5 Å². The summed E-state index contributed by atoms with van der Waals surface area (Å²) < 4.78 is 1.82. The van der Waals surface area contributed by atoms with Crippen molar-refractivity contribution < 1.29 is 4.79 Å². The quantitative estimate of drug-likeness (QED) is 0.710. The molecule has 3 heteroatoms. The lowest BCUT2D eigenvalue weighted by Gasteiger charge is -2.11. The molecule has 1 atom stereocenters. The van der Waals surface area contributed by atoms with Crippen LogP contribution in [0.15, 0.2) is 42.9 Å². The van der Waals surface area contributed by atoms with Crippen LogP contribution in [-0.4, -0.2) is 15.8 Å². The fourth-order valence-corrected chi connectivity index (χ4v) is 1.56. The second-order valence-electron chi connectivity index (χ2n) is 3.45. The van der Waals surface area contributed by atoms with Gasteiger partial charge in [-0.25, -0.2) is 4.98 Å². The average Bonchev–Trinajstić information content (AvgIpc) is 2.68. The Morgan fingerprint density at radius 2 is 2.07 bits per heavy atom. The molecule has 0 N–H and O–H groups in total. The van der Waals surface area contributed by atoms with Crippen molar-refractivity contribution in [2.75, 3.05) is 0 Å². The molecule has 0 saturated carbocycles. The Balaban J connectivity index is 2.37. The van der Waals surface area contributed by atoms with E-state index in [1.165, 1.54) is 0 Å². The Labute approximate surface area is 88.4 Å². The largest absolute Gasteiger partial charge is 0.323 e. The zero-order chi connectivity index (χ0) is 10.7. The number of aldehydes is 1. The van der Waals surface area contributed by atoms with Gasteiger partial charge in [-0.2, -0.15) is 0 Å². The van der Waals surface area contributed by atoms with Crippen LogP contribution in [0.5, 0.6) is 0 Å². The number of carbonyl (C=O) groups excluding carboxylic acids is 1. The monoisotopic (exact) mass is 200 g/mol. The van der Waals surface area contributed by atoms with Crippen molar-refractivity contribution in [2.24, 2.45) is 0 Å². The SMILES string of the molecule is Cc1cn(C(C=O)c2ccccc2)cn1. The van der Waals surface area contributed by atoms with Crippen LogP contribution in [0.2, 0.25) is 0 Å². The van der Waals surface area contributed by atoms with Crippen molar-refractivity contribution in [2.45, 2.75) is 13.0 Å². The van der Waals surface area contributed by atoms with E-state index in [-0.39, 0.29) is 6.04 Å². The number of aryl methyl sites for hydroxylation is 1. The van der Waals surface area contributed by atoms with Gasteiger partial charge in [0.15, 0.2) is 0 Å². The number of hydrogen-bond donors (Lipinski definition) is 0. The second kappa shape index (κ2) is 4.09. The highest BCUT2D eigenvalue weighted by atomic mass is 16.1. The lowest BCUT2D eigenvalue weighted by atomic mass is 10.1. The fourth-order valence-electron chi connectivity index (χ4n) is 1.56. The summed E-state index contributed by atoms with van der Waals surface area (Å²) in [5, 5.41) is 0. The zero-order valence-electron chi connectivity index (χ0n) is 8.50. The predicted octanol–water partition coefficient (Wildman–Crippen LogP) is 1.98. The number of benzene rings is 1. The first-order chi connectivity index (χ1) is 7.31. The Morgan fingerprint density at radius 1 is 1.33 bits per heavy atom. The predicted molar refractivity (Wildman–Crippen MR) is 57.6 cm³/mol. The maximum atomic E-state index is 11.1. The number of rotatable bonds is 3. The van der Waals surface area contributed by atoms with Gasteiger partial charge in [0.1, 0.15) is 12.3 Å². The highest BCUT2D eigenvalue weighted by Gasteiger charge is 2.11. The van der Waals surface area contributed by atoms with Gasteiger partial charge in [-0.15, -0.1) is 0 Å². The van der Waals surface area contributed by atoms with Gasteiger partial charge in [0.05, 0.1) is 12.0 Å². The molecule has 0 fully saturated rings. The molecule has 0 amide bonds. The van der Waals surface area contributed by atoms with Crippen molar-refractivity contribution in [1.29, 1.82) is 0 Å². The third kappa shape index (κ3) is 1.96. The minimum absolute atomic E-state index is 0.271. The molecule has 2 rings (SSSR count). The van der Waals surface area contributed by atoms with Crippen molar-refractivity contribution in [3.8, 4) is 0 Å². The molecule has 1 aromatic heterocycles. The highest BCUT2D eigenvalue weighted by molar-refractivity contribution is 5.62. The number of carbonyl (C=O) groups is 1. The Morgan fingerprint density at radius 3 is 2.60 bits per heavy atom. The molecule has 3 nitrogen and oxygen atoms in total. The first kappa shape index (κ1) is 9.65. The van der Waals surface area contributed by atoms with Crippen molar-refractivity contribution in [3.05, 3.63) is 54.1 Å². The molecule has 0 spiro atoms. The fraction of sp³-hybridized carbons (Fsp3) is 0.167. The zero-order valence-corrected chi connectivity index (χ0v) is 8.50. The van der Waals surface area contributed by atoms with Crippen LogP contribution in [0.1, 0.15) is 17.3 Å². The molecule has 0 bridgehead atoms. The molecular weight excluding hydrogens is 188 g/mol. The van der Waals surface area contributed by atoms with Gasteiger partial charge >= 0.3 is 0 Å². The van der Waals surface area contributed by atoms with E-state index in [1.54, 1.807) is 6.33 Å². The van der Waals surface area contributed by atoms with Gasteiger partial charge in [-0.1, -0.05) is 30.3 Å². The van der Waals surface area contributed by atoms with Crippen molar-refractivity contribution >= 4 is 6.29 Å². The van der Waals surface area contributed by atoms with Gasteiger partial charge in [0.2, 0.25) is 0 Å². The Kier molecular flexibility index (Phi) is 2.63. The molecule has 1 aromatic carbocycles. The van der Waals surface area contributed by atoms with Crippen LogP contribution < -0.4 is 0 Å². The number of hydrogen-bond acceptors (Lipinski definition) is 2. The first-order valence-electron chi connectivity index (χ1n) is 4.81. The summed E-state index contributed by atoms with van der Waals surface area (Å²) in [6.45, 7) is 1.91. The number of nitrogens with zero attached hydrogens (tertiary/aromatic N) is 2. The lowest BCUT2D eigenvalue weighted by molar-refractivity contribution is -0.109. The molecule has 1 heterocycles. The van der Waals surface area contributed by atoms with E-state index < -0.39 is 0 Å². The Bertz CT molecular complexity index is 448. The second-order valence-corrected chi connectivity index (χ2v) is 3.45. The molecule has 1 unspecified atom stereocenters. The van der Waals surface area contributed by atoms with Crippen LogP contribution in [0.3, 0.4) is 0 Å². The van der Waals surface area contributed by atoms with E-state index in [1.807, 2.05) is 48.0 Å². The summed E-state index contributed by atoms with van der Waals surface area (Å²) in [7, 11) is 0. The van der Waals surface area contributed by atoms with Crippen LogP contribution in [0, 0.1) is 6.92 Å². The summed E-state index contributed by atoms with van der Waals surface area (Å²) in [5.74, 6) is 0. The van der Waals surface area contributed by atoms with Gasteiger partial charge < -0.3 is 9.36 Å². The molecule has 0 radical (unpaired) electrons. The maximum absolute atomic E-state index is 11.1. The van der Waals surface area contributed by atoms with Crippen molar-refractivity contribution in [3.63, 3.8) is 0 Å². The highest BCUT2D eigenvalue weighted by Crippen LogP contribution is 2.15. The lowest BCUT2D eigenvalue weighted by Crippen LogP contribution is -2.09. The van der Waals surface area contributed by atoms with Crippen molar-refractivity contribution in [1.82, 2.24) is 9.55 Å². The summed E-state index contributed by atoms with van der Waals surface area (Å²) >= 11 is 0. The first-order valence-corrected chi connectivity index (χ1v) is 4.81. The standard InChI is InChI=1S/C12H12N2O/c1-10-7-14(9-13-10)12(8-15)11-5-3-2-4-6-11/h2-9,12H,1H3. The van der Waals surface area contributed by atoms with E-state index in [4.69, 9.17) is 0 Å². The summed E-state index contributed by atoms with van der Waals surface area (Å²) in [6, 6.07) is 9.39.